The summed E-state index contributed by atoms with van der Waals surface area (Å²) in [5, 5.41) is 3.24. The summed E-state index contributed by atoms with van der Waals surface area (Å²) in [5.74, 6) is 0. The quantitative estimate of drug-likeness (QED) is 0.699. The first-order chi connectivity index (χ1) is 4.61. The molecule has 0 saturated heterocycles. The maximum atomic E-state index is 3.24. The molecule has 0 saturated carbocycles. The van der Waals surface area contributed by atoms with Crippen LogP contribution >= 0.6 is 0 Å². The molecule has 1 aliphatic heterocycles. The first-order valence-electron chi connectivity index (χ1n) is 4.01. The van der Waals surface area contributed by atoms with E-state index in [9.17, 15) is 0 Å². The molecule has 1 N–H and O–H groups in total. The molecule has 10 heavy (non-hydrogen) atoms. The van der Waals surface area contributed by atoms with Crippen molar-refractivity contribution in [2.45, 2.75) is 25.2 Å². The Morgan fingerprint density at radius 3 is 2.40 bits per heavy atom. The fraction of sp³-hybridized carbons (Fsp3) is 0.750. The molecule has 0 bridgehead atoms. The summed E-state index contributed by atoms with van der Waals surface area (Å²) in [7, 11) is 0. The molecule has 58 valence electrons. The molecule has 1 rings (SSSR count). The second kappa shape index (κ2) is 3.16. The van der Waals surface area contributed by atoms with Crippen molar-refractivity contribution in [1.82, 2.24) is 5.32 Å². The van der Waals surface area contributed by atoms with Crippen molar-refractivity contribution in [2.24, 2.45) is 0 Å². The average Bonchev–Trinajstić information content (AvgIpc) is 1.88. The van der Waals surface area contributed by atoms with E-state index < -0.39 is 18.4 Å². The molecule has 0 aromatic heterocycles. The molecule has 1 aliphatic rings. The van der Waals surface area contributed by atoms with Crippen LogP contribution in [-0.4, -0.2) is 24.9 Å². The van der Waals surface area contributed by atoms with Crippen LogP contribution in [0.25, 0.3) is 0 Å². The van der Waals surface area contributed by atoms with Crippen LogP contribution in [0.3, 0.4) is 0 Å². The Morgan fingerprint density at radius 2 is 2.10 bits per heavy atom. The van der Waals surface area contributed by atoms with E-state index in [-0.39, 0.29) is 0 Å². The third-order valence-corrected chi connectivity index (χ3v) is 9.88. The number of allylic oxidation sites excluding steroid dienone is 1. The van der Waals surface area contributed by atoms with Gasteiger partial charge in [0.2, 0.25) is 0 Å². The number of hydrogen-bond donors (Lipinski definition) is 1. The molecule has 0 spiro atoms. The van der Waals surface area contributed by atoms with Gasteiger partial charge in [-0.25, -0.2) is 0 Å². The zero-order valence-electron chi connectivity index (χ0n) is 7.15. The van der Waals surface area contributed by atoms with Gasteiger partial charge in [-0.15, -0.1) is 0 Å². The van der Waals surface area contributed by atoms with Gasteiger partial charge in [-0.1, -0.05) is 0 Å². The Kier molecular flexibility index (Phi) is 2.66. The van der Waals surface area contributed by atoms with E-state index in [0.717, 1.165) is 3.93 Å². The van der Waals surface area contributed by atoms with Crippen molar-refractivity contribution in [3.8, 4) is 0 Å². The van der Waals surface area contributed by atoms with Gasteiger partial charge in [-0.05, 0) is 0 Å². The van der Waals surface area contributed by atoms with Gasteiger partial charge in [-0.2, -0.15) is 0 Å². The minimum atomic E-state index is -1.56. The topological polar surface area (TPSA) is 12.0 Å². The van der Waals surface area contributed by atoms with Gasteiger partial charge in [0.1, 0.15) is 0 Å². The van der Waals surface area contributed by atoms with Gasteiger partial charge < -0.3 is 0 Å². The summed E-state index contributed by atoms with van der Waals surface area (Å²) in [6.45, 7) is 1.19. The van der Waals surface area contributed by atoms with E-state index in [1.165, 1.54) is 13.0 Å². The maximum absolute atomic E-state index is 3.24. The molecule has 1 atom stereocenters. The van der Waals surface area contributed by atoms with E-state index in [1.54, 1.807) is 0 Å². The van der Waals surface area contributed by atoms with E-state index in [0.29, 0.717) is 0 Å². The van der Waals surface area contributed by atoms with E-state index in [1.807, 2.05) is 0 Å². The Morgan fingerprint density at radius 1 is 1.40 bits per heavy atom. The van der Waals surface area contributed by atoms with Crippen LogP contribution in [0.1, 0.15) is 6.42 Å². The fourth-order valence-electron chi connectivity index (χ4n) is 1.32. The third kappa shape index (κ3) is 2.18. The first-order valence-corrected chi connectivity index (χ1v) is 14.2. The van der Waals surface area contributed by atoms with Crippen LogP contribution in [0.5, 0.6) is 0 Å². The van der Waals surface area contributed by atoms with Gasteiger partial charge in [0.25, 0.3) is 0 Å². The summed E-state index contributed by atoms with van der Waals surface area (Å²) in [6.07, 6.45) is 5.88. The summed E-state index contributed by atoms with van der Waals surface area (Å²) in [4.78, 5) is 7.53. The molecule has 0 radical (unpaired) electrons. The summed E-state index contributed by atoms with van der Waals surface area (Å²) < 4.78 is 0.968. The Labute approximate surface area is 67.8 Å². The second-order valence-corrected chi connectivity index (χ2v) is 19.7. The molecular weight excluding hydrogens is 229 g/mol. The molecular formula is C8H17NSn. The molecule has 0 fully saturated rings. The van der Waals surface area contributed by atoms with Gasteiger partial charge in [0.05, 0.1) is 0 Å². The molecule has 0 aromatic rings. The van der Waals surface area contributed by atoms with Crippen molar-refractivity contribution in [3.05, 3.63) is 12.3 Å². The van der Waals surface area contributed by atoms with Crippen molar-refractivity contribution >= 4 is 18.4 Å². The molecule has 0 amide bonds. The van der Waals surface area contributed by atoms with Crippen LogP contribution < -0.4 is 5.32 Å². The molecule has 1 nitrogen and oxygen atoms in total. The SMILES string of the molecule is [CH3][Sn]([CH3])([CH3])[CH]1C=CNCC1. The summed E-state index contributed by atoms with van der Waals surface area (Å²) in [5.41, 5.74) is 0. The number of nitrogens with one attached hydrogen (secondary N) is 1. The summed E-state index contributed by atoms with van der Waals surface area (Å²) in [6, 6.07) is 0. The monoisotopic (exact) mass is 247 g/mol. The van der Waals surface area contributed by atoms with E-state index >= 15 is 0 Å². The molecule has 1 unspecified atom stereocenters. The third-order valence-electron chi connectivity index (χ3n) is 2.16. The minimum absolute atomic E-state index is 0.968. The average molecular weight is 246 g/mol. The predicted molar refractivity (Wildman–Crippen MR) is 48.9 cm³/mol. The summed E-state index contributed by atoms with van der Waals surface area (Å²) >= 11 is -1.56. The Balaban J connectivity index is 2.55. The Bertz CT molecular complexity index is 135. The molecule has 2 heteroatoms. The van der Waals surface area contributed by atoms with Crippen LogP contribution in [0.2, 0.25) is 18.8 Å². The van der Waals surface area contributed by atoms with Crippen LogP contribution in [0.15, 0.2) is 12.3 Å². The van der Waals surface area contributed by atoms with Crippen LogP contribution in [0, 0.1) is 0 Å². The molecule has 1 heterocycles. The van der Waals surface area contributed by atoms with Crippen LogP contribution in [0.4, 0.5) is 0 Å². The predicted octanol–water partition coefficient (Wildman–Crippen LogP) is 2.20. The van der Waals surface area contributed by atoms with Crippen molar-refractivity contribution in [3.63, 3.8) is 0 Å². The van der Waals surface area contributed by atoms with E-state index in [2.05, 4.69) is 32.4 Å². The molecule has 0 aromatic carbocycles. The van der Waals surface area contributed by atoms with Gasteiger partial charge >= 0.3 is 67.7 Å². The fourth-order valence-corrected chi connectivity index (χ4v) is 6.13. The number of rotatable bonds is 1. The normalized spacial score (nSPS) is 26.1. The van der Waals surface area contributed by atoms with E-state index in [4.69, 9.17) is 0 Å². The van der Waals surface area contributed by atoms with Crippen molar-refractivity contribution in [1.29, 1.82) is 0 Å². The van der Waals surface area contributed by atoms with Gasteiger partial charge in [0, 0.05) is 0 Å². The van der Waals surface area contributed by atoms with Crippen molar-refractivity contribution < 1.29 is 0 Å². The Hall–Kier alpha value is 0.339. The second-order valence-electron chi connectivity index (χ2n) is 4.07. The molecule has 0 aliphatic carbocycles. The first kappa shape index (κ1) is 8.44. The zero-order valence-corrected chi connectivity index (χ0v) is 10.0. The zero-order chi connectivity index (χ0) is 7.61. The van der Waals surface area contributed by atoms with Gasteiger partial charge in [-0.3, -0.25) is 0 Å². The van der Waals surface area contributed by atoms with Crippen LogP contribution in [-0.2, 0) is 0 Å². The van der Waals surface area contributed by atoms with Crippen molar-refractivity contribution in [2.75, 3.05) is 6.54 Å². The van der Waals surface area contributed by atoms with Gasteiger partial charge in [0.15, 0.2) is 0 Å². The standard InChI is InChI=1S/C5H8N.3CH3.Sn/c1-2-4-6-5-3-1;;;;/h1-2,4,6H,3,5H2;3*1H3;. The number of hydrogen-bond acceptors (Lipinski definition) is 1.